The van der Waals surface area contributed by atoms with Gasteiger partial charge < -0.3 is 14.8 Å². The third-order valence-electron chi connectivity index (χ3n) is 3.97. The summed E-state index contributed by atoms with van der Waals surface area (Å²) in [5.41, 5.74) is 0.794. The van der Waals surface area contributed by atoms with Gasteiger partial charge in [-0.15, -0.1) is 0 Å². The Balaban J connectivity index is 1.76. The lowest BCUT2D eigenvalue weighted by Crippen LogP contribution is -2.39. The van der Waals surface area contributed by atoms with E-state index in [1.165, 1.54) is 12.8 Å². The number of hydrogen-bond acceptors (Lipinski definition) is 2. The summed E-state index contributed by atoms with van der Waals surface area (Å²) in [5, 5.41) is 3.60. The van der Waals surface area contributed by atoms with Crippen LogP contribution in [0.25, 0.3) is 0 Å². The summed E-state index contributed by atoms with van der Waals surface area (Å²) in [4.78, 5) is 14.4. The van der Waals surface area contributed by atoms with E-state index in [1.54, 1.807) is 0 Å². The zero-order valence-corrected chi connectivity index (χ0v) is 10.2. The number of aromatic nitrogens is 1. The number of carbonyl (C=O) groups is 1. The minimum absolute atomic E-state index is 0.173. The quantitative estimate of drug-likeness (QED) is 0.785. The molecule has 0 radical (unpaired) electrons. The highest BCUT2D eigenvalue weighted by molar-refractivity contribution is 5.92. The van der Waals surface area contributed by atoms with Crippen molar-refractivity contribution in [3.8, 4) is 0 Å². The van der Waals surface area contributed by atoms with Gasteiger partial charge in [-0.3, -0.25) is 4.79 Å². The van der Waals surface area contributed by atoms with Gasteiger partial charge in [0.25, 0.3) is 5.91 Å². The van der Waals surface area contributed by atoms with Crippen molar-refractivity contribution in [3.63, 3.8) is 0 Å². The van der Waals surface area contributed by atoms with Crippen molar-refractivity contribution >= 4 is 5.91 Å². The maximum atomic E-state index is 12.4. The molecule has 17 heavy (non-hydrogen) atoms. The van der Waals surface area contributed by atoms with E-state index >= 15 is 0 Å². The highest BCUT2D eigenvalue weighted by Gasteiger charge is 2.31. The molecule has 3 rings (SSSR count). The van der Waals surface area contributed by atoms with Crippen molar-refractivity contribution in [1.82, 2.24) is 14.8 Å². The maximum Gasteiger partial charge on any atom is 0.270 e. The van der Waals surface area contributed by atoms with Gasteiger partial charge in [0.1, 0.15) is 5.69 Å². The van der Waals surface area contributed by atoms with Crippen LogP contribution in [0.15, 0.2) is 18.3 Å². The first kappa shape index (κ1) is 10.8. The Labute approximate surface area is 102 Å². The van der Waals surface area contributed by atoms with Crippen LogP contribution < -0.4 is 5.32 Å². The van der Waals surface area contributed by atoms with E-state index in [-0.39, 0.29) is 5.91 Å². The third kappa shape index (κ3) is 1.97. The highest BCUT2D eigenvalue weighted by atomic mass is 16.2. The lowest BCUT2D eigenvalue weighted by molar-refractivity contribution is 0.0738. The second-order valence-corrected chi connectivity index (χ2v) is 5.18. The lowest BCUT2D eigenvalue weighted by Gasteiger charge is -2.24. The van der Waals surface area contributed by atoms with Crippen molar-refractivity contribution < 1.29 is 4.79 Å². The molecule has 0 aliphatic carbocycles. The van der Waals surface area contributed by atoms with Crippen molar-refractivity contribution in [3.05, 3.63) is 24.0 Å². The molecule has 1 N–H and O–H groups in total. The number of likely N-dealkylation sites (tertiary alicyclic amines) is 1. The van der Waals surface area contributed by atoms with Gasteiger partial charge in [-0.2, -0.15) is 0 Å². The molecule has 1 aromatic rings. The monoisotopic (exact) mass is 233 g/mol. The van der Waals surface area contributed by atoms with Gasteiger partial charge in [0.15, 0.2) is 0 Å². The van der Waals surface area contributed by atoms with Crippen LogP contribution >= 0.6 is 0 Å². The van der Waals surface area contributed by atoms with Crippen LogP contribution in [-0.4, -0.2) is 40.5 Å². The lowest BCUT2D eigenvalue weighted by atomic mass is 10.1. The van der Waals surface area contributed by atoms with Crippen LogP contribution in [0, 0.1) is 0 Å². The molecule has 0 aromatic carbocycles. The molecule has 1 aromatic heterocycles. The molecule has 2 unspecified atom stereocenters. The van der Waals surface area contributed by atoms with E-state index in [9.17, 15) is 4.79 Å². The SMILES string of the molecule is Cn1cccc1C(=O)N1CCC2CCC(C1)N2. The molecule has 3 heterocycles. The third-order valence-corrected chi connectivity index (χ3v) is 3.97. The van der Waals surface area contributed by atoms with Crippen LogP contribution in [0.1, 0.15) is 29.8 Å². The number of nitrogens with zero attached hydrogens (tertiary/aromatic N) is 2. The van der Waals surface area contributed by atoms with Gasteiger partial charge in [-0.05, 0) is 31.4 Å². The van der Waals surface area contributed by atoms with Gasteiger partial charge in [0, 0.05) is 38.4 Å². The maximum absolute atomic E-state index is 12.4. The first-order chi connectivity index (χ1) is 8.24. The zero-order chi connectivity index (χ0) is 11.8. The Morgan fingerprint density at radius 1 is 1.35 bits per heavy atom. The first-order valence-corrected chi connectivity index (χ1v) is 6.40. The molecule has 1 amide bonds. The number of hydrogen-bond donors (Lipinski definition) is 1. The predicted molar refractivity (Wildman–Crippen MR) is 65.9 cm³/mol. The molecule has 4 heteroatoms. The summed E-state index contributed by atoms with van der Waals surface area (Å²) in [5.74, 6) is 0.173. The van der Waals surface area contributed by atoms with Gasteiger partial charge >= 0.3 is 0 Å². The molecule has 2 fully saturated rings. The van der Waals surface area contributed by atoms with Crippen molar-refractivity contribution in [2.45, 2.75) is 31.3 Å². The van der Waals surface area contributed by atoms with E-state index in [2.05, 4.69) is 5.32 Å². The van der Waals surface area contributed by atoms with Crippen molar-refractivity contribution in [1.29, 1.82) is 0 Å². The van der Waals surface area contributed by atoms with E-state index in [1.807, 2.05) is 34.8 Å². The second kappa shape index (κ2) is 4.18. The van der Waals surface area contributed by atoms with Crippen LogP contribution in [0.3, 0.4) is 0 Å². The first-order valence-electron chi connectivity index (χ1n) is 6.40. The summed E-state index contributed by atoms with van der Waals surface area (Å²) in [7, 11) is 1.93. The van der Waals surface area contributed by atoms with Gasteiger partial charge in [-0.1, -0.05) is 0 Å². The number of amides is 1. The average molecular weight is 233 g/mol. The normalized spacial score (nSPS) is 28.2. The molecule has 2 atom stereocenters. The molecule has 2 bridgehead atoms. The Morgan fingerprint density at radius 3 is 2.94 bits per heavy atom. The summed E-state index contributed by atoms with van der Waals surface area (Å²) in [6, 6.07) is 4.96. The number of rotatable bonds is 1. The second-order valence-electron chi connectivity index (χ2n) is 5.18. The standard InChI is InChI=1S/C13H19N3O/c1-15-7-2-3-12(15)13(17)16-8-6-10-4-5-11(9-16)14-10/h2-3,7,10-11,14H,4-6,8-9H2,1H3. The average Bonchev–Trinajstić information content (AvgIpc) is 2.84. The fourth-order valence-corrected chi connectivity index (χ4v) is 2.97. The number of carbonyl (C=O) groups excluding carboxylic acids is 1. The molecule has 2 aliphatic rings. The van der Waals surface area contributed by atoms with Crippen LogP contribution in [0.5, 0.6) is 0 Å². The Kier molecular flexibility index (Phi) is 2.67. The molecule has 2 aliphatic heterocycles. The fraction of sp³-hybridized carbons (Fsp3) is 0.615. The van der Waals surface area contributed by atoms with Gasteiger partial charge in [-0.25, -0.2) is 0 Å². The topological polar surface area (TPSA) is 37.3 Å². The Bertz CT molecular complexity index is 426. The summed E-state index contributed by atoms with van der Waals surface area (Å²) < 4.78 is 1.90. The molecule has 0 spiro atoms. The molecule has 0 saturated carbocycles. The number of nitrogens with one attached hydrogen (secondary N) is 1. The van der Waals surface area contributed by atoms with Crippen molar-refractivity contribution in [2.24, 2.45) is 7.05 Å². The fourth-order valence-electron chi connectivity index (χ4n) is 2.97. The minimum Gasteiger partial charge on any atom is -0.347 e. The summed E-state index contributed by atoms with van der Waals surface area (Å²) in [6.45, 7) is 1.75. The van der Waals surface area contributed by atoms with E-state index in [4.69, 9.17) is 0 Å². The van der Waals surface area contributed by atoms with Crippen LogP contribution in [0.2, 0.25) is 0 Å². The smallest absolute Gasteiger partial charge is 0.270 e. The molecule has 2 saturated heterocycles. The van der Waals surface area contributed by atoms with E-state index in [0.717, 1.165) is 25.2 Å². The number of aryl methyl sites for hydroxylation is 1. The highest BCUT2D eigenvalue weighted by Crippen LogP contribution is 2.21. The van der Waals surface area contributed by atoms with Gasteiger partial charge in [0.2, 0.25) is 0 Å². The molecule has 92 valence electrons. The molecular weight excluding hydrogens is 214 g/mol. The summed E-state index contributed by atoms with van der Waals surface area (Å²) in [6.07, 6.45) is 5.50. The Morgan fingerprint density at radius 2 is 2.18 bits per heavy atom. The van der Waals surface area contributed by atoms with E-state index in [0.29, 0.717) is 12.1 Å². The number of fused-ring (bicyclic) bond motifs is 2. The molecular formula is C13H19N3O. The van der Waals surface area contributed by atoms with Crippen LogP contribution in [-0.2, 0) is 7.05 Å². The predicted octanol–water partition coefficient (Wildman–Crippen LogP) is 0.992. The Hall–Kier alpha value is -1.29. The van der Waals surface area contributed by atoms with Gasteiger partial charge in [0.05, 0.1) is 0 Å². The minimum atomic E-state index is 0.173. The largest absolute Gasteiger partial charge is 0.347 e. The van der Waals surface area contributed by atoms with E-state index < -0.39 is 0 Å². The molecule has 4 nitrogen and oxygen atoms in total. The zero-order valence-electron chi connectivity index (χ0n) is 10.2. The van der Waals surface area contributed by atoms with Crippen LogP contribution in [0.4, 0.5) is 0 Å². The van der Waals surface area contributed by atoms with Crippen molar-refractivity contribution in [2.75, 3.05) is 13.1 Å². The summed E-state index contributed by atoms with van der Waals surface area (Å²) >= 11 is 0.